The van der Waals surface area contributed by atoms with Gasteiger partial charge in [0.15, 0.2) is 5.13 Å². The van der Waals surface area contributed by atoms with Crippen molar-refractivity contribution >= 4 is 32.6 Å². The first-order valence-corrected chi connectivity index (χ1v) is 12.7. The first-order valence-electron chi connectivity index (χ1n) is 11.8. The summed E-state index contributed by atoms with van der Waals surface area (Å²) in [5, 5.41) is 0.833. The smallest absolute Gasteiger partial charge is 0.235 e. The van der Waals surface area contributed by atoms with Crippen molar-refractivity contribution in [3.05, 3.63) is 36.9 Å². The Hall–Kier alpha value is -2.41. The van der Waals surface area contributed by atoms with Crippen molar-refractivity contribution in [1.82, 2.24) is 14.5 Å². The maximum absolute atomic E-state index is 14.2. The van der Waals surface area contributed by atoms with E-state index >= 15 is 0 Å². The lowest BCUT2D eigenvalue weighted by molar-refractivity contribution is -0.143. The zero-order valence-electron chi connectivity index (χ0n) is 18.6. The first kappa shape index (κ1) is 20.2. The largest absolute Gasteiger partial charge is 0.497 e. The highest BCUT2D eigenvalue weighted by atomic mass is 32.1. The molecule has 7 rings (SSSR count). The second kappa shape index (κ2) is 7.87. The van der Waals surface area contributed by atoms with Crippen molar-refractivity contribution in [2.24, 2.45) is 23.2 Å². The number of anilines is 1. The molecule has 4 fully saturated rings. The van der Waals surface area contributed by atoms with Gasteiger partial charge < -0.3 is 9.30 Å². The third kappa shape index (κ3) is 3.51. The molecule has 32 heavy (non-hydrogen) atoms. The Morgan fingerprint density at radius 1 is 1.22 bits per heavy atom. The standard InChI is InChI=1S/C25H30N4O2S/c1-31-20-3-4-21-22(12-20)32-24(27-21)29(7-2-6-28-8-5-26-16-28)23(30)25-13-17-9-18(14-25)11-19(10-17)15-25/h3-5,8,12,16-19H,2,6-7,9-11,13-15H2,1H3. The number of hydrogen-bond donors (Lipinski definition) is 0. The number of nitrogens with zero attached hydrogens (tertiary/aromatic N) is 4. The molecule has 2 heterocycles. The molecule has 168 valence electrons. The number of thiazole rings is 1. The van der Waals surface area contributed by atoms with Gasteiger partial charge in [0.1, 0.15) is 5.75 Å². The average molecular weight is 451 g/mol. The maximum atomic E-state index is 14.2. The summed E-state index contributed by atoms with van der Waals surface area (Å²) in [7, 11) is 1.68. The Kier molecular flexibility index (Phi) is 4.97. The molecule has 0 spiro atoms. The monoisotopic (exact) mass is 450 g/mol. The normalized spacial score (nSPS) is 28.3. The van der Waals surface area contributed by atoms with E-state index in [1.165, 1.54) is 19.3 Å². The van der Waals surface area contributed by atoms with Crippen LogP contribution in [-0.4, -0.2) is 34.1 Å². The predicted octanol–water partition coefficient (Wildman–Crippen LogP) is 5.14. The number of methoxy groups -OCH3 is 1. The van der Waals surface area contributed by atoms with Gasteiger partial charge in [0.25, 0.3) is 0 Å². The molecule has 0 saturated heterocycles. The number of aryl methyl sites for hydroxylation is 1. The van der Waals surface area contributed by atoms with E-state index in [0.29, 0.717) is 12.5 Å². The number of aromatic nitrogens is 3. The van der Waals surface area contributed by atoms with E-state index in [9.17, 15) is 4.79 Å². The minimum absolute atomic E-state index is 0.167. The van der Waals surface area contributed by atoms with Crippen LogP contribution >= 0.6 is 11.3 Å². The molecule has 1 amide bonds. The lowest BCUT2D eigenvalue weighted by atomic mass is 9.49. The number of hydrogen-bond acceptors (Lipinski definition) is 5. The van der Waals surface area contributed by atoms with Crippen molar-refractivity contribution in [2.45, 2.75) is 51.5 Å². The molecule has 2 aromatic heterocycles. The zero-order valence-corrected chi connectivity index (χ0v) is 19.4. The van der Waals surface area contributed by atoms with Crippen molar-refractivity contribution in [2.75, 3.05) is 18.6 Å². The van der Waals surface area contributed by atoms with Crippen LogP contribution in [0.4, 0.5) is 5.13 Å². The highest BCUT2D eigenvalue weighted by Gasteiger charge is 2.55. The van der Waals surface area contributed by atoms with Crippen LogP contribution in [0.15, 0.2) is 36.9 Å². The van der Waals surface area contributed by atoms with Gasteiger partial charge in [-0.05, 0) is 80.9 Å². The first-order chi connectivity index (χ1) is 15.6. The highest BCUT2D eigenvalue weighted by Crippen LogP contribution is 2.60. The topological polar surface area (TPSA) is 60.2 Å². The number of fused-ring (bicyclic) bond motifs is 1. The Labute approximate surface area is 192 Å². The molecule has 4 aliphatic carbocycles. The molecule has 0 radical (unpaired) electrons. The van der Waals surface area contributed by atoms with Crippen LogP contribution in [0.25, 0.3) is 10.2 Å². The molecule has 0 N–H and O–H groups in total. The Bertz CT molecular complexity index is 1090. The van der Waals surface area contributed by atoms with E-state index in [1.54, 1.807) is 24.6 Å². The fourth-order valence-electron chi connectivity index (χ4n) is 6.91. The number of imidazole rings is 1. The van der Waals surface area contributed by atoms with Crippen LogP contribution < -0.4 is 9.64 Å². The van der Waals surface area contributed by atoms with Gasteiger partial charge in [0, 0.05) is 25.5 Å². The quantitative estimate of drug-likeness (QED) is 0.500. The van der Waals surface area contributed by atoms with Crippen LogP contribution in [0.5, 0.6) is 5.75 Å². The summed E-state index contributed by atoms with van der Waals surface area (Å²) in [5.74, 6) is 3.40. The molecular weight excluding hydrogens is 420 g/mol. The highest BCUT2D eigenvalue weighted by molar-refractivity contribution is 7.22. The zero-order chi connectivity index (χ0) is 21.7. The molecule has 0 atom stereocenters. The van der Waals surface area contributed by atoms with Crippen molar-refractivity contribution < 1.29 is 9.53 Å². The Morgan fingerprint density at radius 2 is 1.97 bits per heavy atom. The summed E-state index contributed by atoms with van der Waals surface area (Å²) < 4.78 is 8.55. The number of ether oxygens (including phenoxy) is 1. The second-order valence-corrected chi connectivity index (χ2v) is 11.1. The summed E-state index contributed by atoms with van der Waals surface area (Å²) in [5.41, 5.74) is 0.767. The molecule has 7 heteroatoms. The Morgan fingerprint density at radius 3 is 2.62 bits per heavy atom. The number of amides is 1. The number of carbonyl (C=O) groups excluding carboxylic acids is 1. The lowest BCUT2D eigenvalue weighted by Crippen LogP contribution is -2.55. The van der Waals surface area contributed by atoms with Crippen LogP contribution in [-0.2, 0) is 11.3 Å². The minimum Gasteiger partial charge on any atom is -0.497 e. The predicted molar refractivity (Wildman–Crippen MR) is 126 cm³/mol. The van der Waals surface area contributed by atoms with Crippen LogP contribution in [0.3, 0.4) is 0 Å². The van der Waals surface area contributed by atoms with Crippen molar-refractivity contribution in [1.29, 1.82) is 0 Å². The molecule has 6 nitrogen and oxygen atoms in total. The fourth-order valence-corrected chi connectivity index (χ4v) is 7.93. The molecule has 0 unspecified atom stereocenters. The number of benzene rings is 1. The van der Waals surface area contributed by atoms with E-state index in [1.807, 2.05) is 35.6 Å². The molecule has 4 aliphatic rings. The number of rotatable bonds is 7. The van der Waals surface area contributed by atoms with Gasteiger partial charge in [-0.15, -0.1) is 0 Å². The third-order valence-corrected chi connectivity index (χ3v) is 8.95. The van der Waals surface area contributed by atoms with E-state index in [4.69, 9.17) is 9.72 Å². The van der Waals surface area contributed by atoms with E-state index < -0.39 is 0 Å². The molecule has 4 bridgehead atoms. The summed E-state index contributed by atoms with van der Waals surface area (Å²) in [6.45, 7) is 1.54. The molecule has 4 saturated carbocycles. The van der Waals surface area contributed by atoms with Gasteiger partial charge in [0.2, 0.25) is 5.91 Å². The van der Waals surface area contributed by atoms with Crippen LogP contribution in [0, 0.1) is 23.2 Å². The summed E-state index contributed by atoms with van der Waals surface area (Å²) in [6.07, 6.45) is 13.8. The third-order valence-electron chi connectivity index (χ3n) is 7.91. The van der Waals surface area contributed by atoms with Crippen molar-refractivity contribution in [3.63, 3.8) is 0 Å². The van der Waals surface area contributed by atoms with Gasteiger partial charge >= 0.3 is 0 Å². The van der Waals surface area contributed by atoms with Crippen LogP contribution in [0.1, 0.15) is 44.9 Å². The Balaban J connectivity index is 1.31. The van der Waals surface area contributed by atoms with Crippen LogP contribution in [0.2, 0.25) is 0 Å². The van der Waals surface area contributed by atoms with Gasteiger partial charge in [-0.2, -0.15) is 0 Å². The minimum atomic E-state index is -0.167. The SMILES string of the molecule is COc1ccc2nc(N(CCCn3ccnc3)C(=O)C34CC5CC(CC(C5)C3)C4)sc2c1. The summed E-state index contributed by atoms with van der Waals surface area (Å²) in [6, 6.07) is 5.96. The maximum Gasteiger partial charge on any atom is 0.235 e. The molecule has 3 aromatic rings. The second-order valence-electron chi connectivity index (χ2n) is 10.1. The van der Waals surface area contributed by atoms with E-state index in [2.05, 4.69) is 9.55 Å². The van der Waals surface area contributed by atoms with Gasteiger partial charge in [0.05, 0.1) is 29.1 Å². The van der Waals surface area contributed by atoms with E-state index in [0.717, 1.165) is 71.1 Å². The molecule has 1 aromatic carbocycles. The number of carbonyl (C=O) groups is 1. The van der Waals surface area contributed by atoms with E-state index in [-0.39, 0.29) is 5.41 Å². The van der Waals surface area contributed by atoms with Gasteiger partial charge in [-0.25, -0.2) is 9.97 Å². The van der Waals surface area contributed by atoms with Gasteiger partial charge in [-0.1, -0.05) is 11.3 Å². The fraction of sp³-hybridized carbons (Fsp3) is 0.560. The summed E-state index contributed by atoms with van der Waals surface area (Å²) >= 11 is 1.61. The summed E-state index contributed by atoms with van der Waals surface area (Å²) in [4.78, 5) is 25.3. The van der Waals surface area contributed by atoms with Crippen molar-refractivity contribution in [3.8, 4) is 5.75 Å². The molecule has 0 aliphatic heterocycles. The average Bonchev–Trinajstić information content (AvgIpc) is 3.44. The van der Waals surface area contributed by atoms with Gasteiger partial charge in [-0.3, -0.25) is 9.69 Å². The lowest BCUT2D eigenvalue weighted by Gasteiger charge is -2.56. The molecular formula is C25H30N4O2S.